The Hall–Kier alpha value is -1.72. The zero-order valence-electron chi connectivity index (χ0n) is 11.7. The molecule has 0 fully saturated rings. The van der Waals surface area contributed by atoms with Crippen molar-refractivity contribution >= 4 is 22.4 Å². The molecule has 2 N–H and O–H groups in total. The molecule has 1 unspecified atom stereocenters. The Morgan fingerprint density at radius 3 is 2.75 bits per heavy atom. The molecule has 5 heteroatoms. The van der Waals surface area contributed by atoms with Crippen LogP contribution in [0.5, 0.6) is 0 Å². The van der Waals surface area contributed by atoms with Gasteiger partial charge >= 0.3 is 0 Å². The van der Waals surface area contributed by atoms with Crippen LogP contribution in [0.2, 0.25) is 0 Å². The minimum Gasteiger partial charge on any atom is -0.331 e. The molecule has 0 aliphatic carbocycles. The van der Waals surface area contributed by atoms with Crippen molar-refractivity contribution in [1.29, 1.82) is 0 Å². The second kappa shape index (κ2) is 5.34. The monoisotopic (exact) mass is 286 g/mol. The first kappa shape index (κ1) is 13.3. The molecule has 1 atom stereocenters. The zero-order chi connectivity index (χ0) is 14.1. The van der Waals surface area contributed by atoms with Crippen LogP contribution in [0.15, 0.2) is 29.6 Å². The van der Waals surface area contributed by atoms with Gasteiger partial charge < -0.3 is 10.3 Å². The smallest absolute Gasteiger partial charge is 0.111 e. The molecule has 0 spiro atoms. The average molecular weight is 286 g/mol. The highest BCUT2D eigenvalue weighted by molar-refractivity contribution is 7.09. The largest absolute Gasteiger partial charge is 0.331 e. The van der Waals surface area contributed by atoms with Crippen LogP contribution in [-0.2, 0) is 19.9 Å². The van der Waals surface area contributed by atoms with Gasteiger partial charge in [0.25, 0.3) is 0 Å². The van der Waals surface area contributed by atoms with E-state index in [4.69, 9.17) is 5.73 Å². The van der Waals surface area contributed by atoms with Crippen LogP contribution in [0.1, 0.15) is 16.5 Å². The molecular weight excluding hydrogens is 268 g/mol. The van der Waals surface area contributed by atoms with Gasteiger partial charge in [-0.25, -0.2) is 9.97 Å². The van der Waals surface area contributed by atoms with Crippen molar-refractivity contribution in [1.82, 2.24) is 14.5 Å². The van der Waals surface area contributed by atoms with Crippen molar-refractivity contribution in [2.75, 3.05) is 0 Å². The number of aromatic nitrogens is 3. The number of hydrogen-bond acceptors (Lipinski definition) is 4. The standard InChI is InChI=1S/C15H18N4S/c1-10-9-20-15(17-10)8-11(16)7-14-18-12-5-3-4-6-13(12)19(14)2/h3-6,9,11H,7-8,16H2,1-2H3. The number of para-hydroxylation sites is 2. The van der Waals surface area contributed by atoms with Crippen LogP contribution in [0.25, 0.3) is 11.0 Å². The van der Waals surface area contributed by atoms with Gasteiger partial charge in [-0.1, -0.05) is 12.1 Å². The molecule has 2 aromatic heterocycles. The van der Waals surface area contributed by atoms with E-state index in [2.05, 4.69) is 26.0 Å². The van der Waals surface area contributed by atoms with E-state index < -0.39 is 0 Å². The van der Waals surface area contributed by atoms with Gasteiger partial charge in [0, 0.05) is 37.0 Å². The van der Waals surface area contributed by atoms with Gasteiger partial charge in [-0.3, -0.25) is 0 Å². The van der Waals surface area contributed by atoms with E-state index in [9.17, 15) is 0 Å². The number of thiazole rings is 1. The lowest BCUT2D eigenvalue weighted by atomic mass is 10.1. The zero-order valence-corrected chi connectivity index (χ0v) is 12.5. The average Bonchev–Trinajstić information content (AvgIpc) is 2.95. The van der Waals surface area contributed by atoms with Gasteiger partial charge in [0.2, 0.25) is 0 Å². The maximum absolute atomic E-state index is 6.25. The quantitative estimate of drug-likeness (QED) is 0.801. The Morgan fingerprint density at radius 2 is 2.05 bits per heavy atom. The third kappa shape index (κ3) is 2.59. The number of benzene rings is 1. The van der Waals surface area contributed by atoms with Gasteiger partial charge in [-0.2, -0.15) is 0 Å². The first-order valence-electron chi connectivity index (χ1n) is 6.70. The van der Waals surface area contributed by atoms with Gasteiger partial charge in [0.1, 0.15) is 5.82 Å². The van der Waals surface area contributed by atoms with E-state index in [0.717, 1.165) is 40.4 Å². The fourth-order valence-corrected chi connectivity index (χ4v) is 3.27. The number of aryl methyl sites for hydroxylation is 2. The predicted octanol–water partition coefficient (Wildman–Crippen LogP) is 2.45. The highest BCUT2D eigenvalue weighted by Gasteiger charge is 2.13. The first-order chi connectivity index (χ1) is 9.63. The molecule has 3 rings (SSSR count). The minimum atomic E-state index is 0.0519. The Labute approximate surface area is 122 Å². The fourth-order valence-electron chi connectivity index (χ4n) is 2.41. The molecule has 20 heavy (non-hydrogen) atoms. The van der Waals surface area contributed by atoms with Crippen LogP contribution in [0, 0.1) is 6.92 Å². The molecule has 0 aliphatic heterocycles. The molecule has 104 valence electrons. The summed E-state index contributed by atoms with van der Waals surface area (Å²) in [5, 5.41) is 3.17. The van der Waals surface area contributed by atoms with E-state index in [1.807, 2.05) is 32.2 Å². The normalized spacial score (nSPS) is 12.9. The summed E-state index contributed by atoms with van der Waals surface area (Å²) in [6.45, 7) is 2.01. The summed E-state index contributed by atoms with van der Waals surface area (Å²) in [7, 11) is 2.05. The van der Waals surface area contributed by atoms with E-state index >= 15 is 0 Å². The summed E-state index contributed by atoms with van der Waals surface area (Å²) in [5.74, 6) is 1.03. The maximum Gasteiger partial charge on any atom is 0.111 e. The van der Waals surface area contributed by atoms with Crippen LogP contribution in [0.4, 0.5) is 0 Å². The molecule has 0 aliphatic rings. The molecule has 0 radical (unpaired) electrons. The van der Waals surface area contributed by atoms with Crippen molar-refractivity contribution < 1.29 is 0 Å². The SMILES string of the molecule is Cc1csc(CC(N)Cc2nc3ccccc3n2C)n1. The molecule has 0 bridgehead atoms. The Balaban J connectivity index is 1.77. The van der Waals surface area contributed by atoms with Gasteiger partial charge in [0.05, 0.1) is 16.0 Å². The lowest BCUT2D eigenvalue weighted by Crippen LogP contribution is -2.26. The summed E-state index contributed by atoms with van der Waals surface area (Å²) < 4.78 is 2.13. The number of imidazole rings is 1. The topological polar surface area (TPSA) is 56.7 Å². The lowest BCUT2D eigenvalue weighted by Gasteiger charge is -2.09. The number of rotatable bonds is 4. The molecule has 0 saturated heterocycles. The van der Waals surface area contributed by atoms with Crippen LogP contribution < -0.4 is 5.73 Å². The molecule has 2 heterocycles. The molecule has 4 nitrogen and oxygen atoms in total. The highest BCUT2D eigenvalue weighted by atomic mass is 32.1. The lowest BCUT2D eigenvalue weighted by molar-refractivity contribution is 0.624. The Bertz CT molecular complexity index is 728. The molecular formula is C15H18N4S. The third-order valence-electron chi connectivity index (χ3n) is 3.43. The van der Waals surface area contributed by atoms with Crippen molar-refractivity contribution in [2.45, 2.75) is 25.8 Å². The molecule has 0 amide bonds. The molecule has 1 aromatic carbocycles. The third-order valence-corrected chi connectivity index (χ3v) is 4.42. The summed E-state index contributed by atoms with van der Waals surface area (Å²) in [6, 6.07) is 8.22. The minimum absolute atomic E-state index is 0.0519. The van der Waals surface area contributed by atoms with Crippen molar-refractivity contribution in [2.24, 2.45) is 12.8 Å². The Morgan fingerprint density at radius 1 is 1.25 bits per heavy atom. The van der Waals surface area contributed by atoms with Gasteiger partial charge in [-0.15, -0.1) is 11.3 Å². The second-order valence-electron chi connectivity index (χ2n) is 5.13. The summed E-state index contributed by atoms with van der Waals surface area (Å²) in [5.41, 5.74) is 9.50. The maximum atomic E-state index is 6.25. The summed E-state index contributed by atoms with van der Waals surface area (Å²) >= 11 is 1.68. The predicted molar refractivity (Wildman–Crippen MR) is 82.9 cm³/mol. The van der Waals surface area contributed by atoms with E-state index in [1.54, 1.807) is 11.3 Å². The van der Waals surface area contributed by atoms with Crippen LogP contribution in [0.3, 0.4) is 0 Å². The number of nitrogens with two attached hydrogens (primary N) is 1. The van der Waals surface area contributed by atoms with E-state index in [0.29, 0.717) is 0 Å². The summed E-state index contributed by atoms with van der Waals surface area (Å²) in [6.07, 6.45) is 1.57. The van der Waals surface area contributed by atoms with E-state index in [1.165, 1.54) is 0 Å². The van der Waals surface area contributed by atoms with Crippen molar-refractivity contribution in [3.63, 3.8) is 0 Å². The first-order valence-corrected chi connectivity index (χ1v) is 7.58. The van der Waals surface area contributed by atoms with Crippen molar-refractivity contribution in [3.8, 4) is 0 Å². The highest BCUT2D eigenvalue weighted by Crippen LogP contribution is 2.17. The fraction of sp³-hybridized carbons (Fsp3) is 0.333. The van der Waals surface area contributed by atoms with Crippen LogP contribution in [-0.4, -0.2) is 20.6 Å². The second-order valence-corrected chi connectivity index (χ2v) is 6.07. The molecule has 3 aromatic rings. The van der Waals surface area contributed by atoms with Crippen molar-refractivity contribution in [3.05, 3.63) is 46.2 Å². The van der Waals surface area contributed by atoms with Gasteiger partial charge in [-0.05, 0) is 19.1 Å². The van der Waals surface area contributed by atoms with Gasteiger partial charge in [0.15, 0.2) is 0 Å². The van der Waals surface area contributed by atoms with E-state index in [-0.39, 0.29) is 6.04 Å². The molecule has 0 saturated carbocycles. The summed E-state index contributed by atoms with van der Waals surface area (Å²) in [4.78, 5) is 9.13. The van der Waals surface area contributed by atoms with Crippen LogP contribution >= 0.6 is 11.3 Å². The Kier molecular flexibility index (Phi) is 3.54. The number of fused-ring (bicyclic) bond motifs is 1. The number of hydrogen-bond donors (Lipinski definition) is 1. The number of nitrogens with zero attached hydrogens (tertiary/aromatic N) is 3.